The maximum atomic E-state index is 14.0. The molecule has 4 aliphatic rings. The summed E-state index contributed by atoms with van der Waals surface area (Å²) < 4.78 is 47.3. The van der Waals surface area contributed by atoms with E-state index in [9.17, 15) is 51.5 Å². The van der Waals surface area contributed by atoms with Crippen LogP contribution in [0.5, 0.6) is 0 Å². The highest BCUT2D eigenvalue weighted by Crippen LogP contribution is 2.50. The first-order chi connectivity index (χ1) is 56.8. The third-order valence-corrected chi connectivity index (χ3v) is 25.5. The zero-order chi connectivity index (χ0) is 92.5. The van der Waals surface area contributed by atoms with Gasteiger partial charge in [-0.1, -0.05) is 252 Å². The molecule has 0 aromatic heterocycles. The molecular formula is C104H142Cl3F3N4O9. The lowest BCUT2D eigenvalue weighted by atomic mass is 9.67. The molecule has 0 fully saturated rings. The van der Waals surface area contributed by atoms with E-state index in [4.69, 9.17) is 39.5 Å². The van der Waals surface area contributed by atoms with Gasteiger partial charge in [0.25, 0.3) is 0 Å². The molecule has 123 heavy (non-hydrogen) atoms. The molecule has 0 aliphatic carbocycles. The number of carbonyl (C=O) groups excluding carboxylic acids is 8. The Morgan fingerprint density at radius 2 is 0.691 bits per heavy atom. The second kappa shape index (κ2) is 43.6. The van der Waals surface area contributed by atoms with Crippen molar-refractivity contribution in [3.8, 4) is 0 Å². The molecule has 4 aliphatic heterocycles. The summed E-state index contributed by atoms with van der Waals surface area (Å²) >= 11 is 20.1. The number of rotatable bonds is 30. The minimum Gasteiger partial charge on any atom is -0.384 e. The Balaban J connectivity index is 0.000000254. The van der Waals surface area contributed by atoms with E-state index >= 15 is 0 Å². The largest absolute Gasteiger partial charge is 0.416 e. The molecule has 0 saturated carbocycles. The Morgan fingerprint density at radius 1 is 0.398 bits per heavy atom. The van der Waals surface area contributed by atoms with E-state index in [1.165, 1.54) is 18.6 Å². The van der Waals surface area contributed by atoms with E-state index in [1.54, 1.807) is 65.8 Å². The van der Waals surface area contributed by atoms with Crippen molar-refractivity contribution in [2.45, 2.75) is 303 Å². The van der Waals surface area contributed by atoms with Gasteiger partial charge in [-0.2, -0.15) is 13.2 Å². The fourth-order valence-corrected chi connectivity index (χ4v) is 17.2. The maximum absolute atomic E-state index is 14.0. The average Bonchev–Trinajstić information content (AvgIpc) is 0.769. The van der Waals surface area contributed by atoms with Crippen molar-refractivity contribution in [2.75, 3.05) is 39.9 Å². The Kier molecular flexibility index (Phi) is 36.9. The Morgan fingerprint density at radius 3 is 1.01 bits per heavy atom. The summed E-state index contributed by atoms with van der Waals surface area (Å²) in [6.45, 7) is 50.9. The quantitative estimate of drug-likeness (QED) is 0.0436. The highest BCUT2D eigenvalue weighted by atomic mass is 35.5. The Hall–Kier alpha value is -7.76. The molecule has 0 bridgehead atoms. The molecule has 0 radical (unpaired) electrons. The van der Waals surface area contributed by atoms with E-state index < -0.39 is 28.0 Å². The Bertz CT molecular complexity index is 4700. The van der Waals surface area contributed by atoms with Gasteiger partial charge >= 0.3 is 6.18 Å². The molecule has 4 atom stereocenters. The summed E-state index contributed by atoms with van der Waals surface area (Å²) in [5.41, 5.74) is 10.7. The van der Waals surface area contributed by atoms with Gasteiger partial charge in [0.15, 0.2) is 0 Å². The smallest absolute Gasteiger partial charge is 0.384 e. The number of hydrogen-bond donors (Lipinski definition) is 0. The maximum Gasteiger partial charge on any atom is 0.416 e. The number of aryl methyl sites for hydroxylation is 4. The zero-order valence-electron chi connectivity index (χ0n) is 78.6. The number of carbonyl (C=O) groups is 8. The minimum absolute atomic E-state index is 0.00806. The number of nitrogens with zero attached hydrogens (tertiary/aromatic N) is 4. The van der Waals surface area contributed by atoms with Crippen LogP contribution in [0.1, 0.15) is 305 Å². The first kappa shape index (κ1) is 104. The number of amides is 4. The van der Waals surface area contributed by atoms with Crippen molar-refractivity contribution in [3.05, 3.63) is 215 Å². The van der Waals surface area contributed by atoms with Crippen LogP contribution in [0.15, 0.2) is 145 Å². The molecule has 9 rings (SSSR count). The van der Waals surface area contributed by atoms with Gasteiger partial charge in [0.2, 0.25) is 23.6 Å². The minimum atomic E-state index is -4.46. The molecule has 13 nitrogen and oxygen atoms in total. The van der Waals surface area contributed by atoms with Crippen molar-refractivity contribution < 1.29 is 56.3 Å². The number of benzene rings is 5. The fraction of sp³-hybridized carbons (Fsp3) is 0.558. The number of alkyl halides is 3. The number of Topliss-reactive ketones (excluding diaryl/α,β-unsaturated/α-hetero) is 4. The molecule has 5 aromatic carbocycles. The van der Waals surface area contributed by atoms with Gasteiger partial charge in [0.05, 0.1) is 5.56 Å². The first-order valence-corrected chi connectivity index (χ1v) is 45.1. The number of ether oxygens (including phenoxy) is 1. The van der Waals surface area contributed by atoms with Gasteiger partial charge in [-0.25, -0.2) is 0 Å². The standard InChI is InChI=1S/C28H34ClNO2.C26H36F3NO2.C25H36ClNO3.C25H36ClNO2/c1-20(31)14-16-30-19-24(21-9-7-6-8-10-21)28(5,18-26(30)32)23-12-11-22(25(29)17-23)13-15-27(2,3)4;1-17(2)22-16-30(13-11-18(3)31)23(32)15-25(22,7)20-9-8-19(10-12-24(4,5)6)21(14-20)26(27,28)29;1-18(28)10-13-27-17-21(11-14-30-6)25(5,16-23(27)29)20-8-7-19(22(26)15-20)9-12-24(2,3)4;1-17(2)21-16-27(13-11-18(3)28)23(29)15-25(21,7)20-9-8-19(22(26)14-20)10-12-24(4,5)6/h6-12,17,19H,13-16,18H2,1-5H3;8-9,14,16-17H,10-13,15H2,1-7H3;7-8,15,17H,9-14,16H2,1-6H3;8-9,14,16-17H,10-13,15H2,1-7H3/t28-;3*25-/m0000/s1. The lowest BCUT2D eigenvalue weighted by Gasteiger charge is -2.41. The summed E-state index contributed by atoms with van der Waals surface area (Å²) in [7, 11) is 1.68. The zero-order valence-corrected chi connectivity index (χ0v) is 80.8. The van der Waals surface area contributed by atoms with Crippen molar-refractivity contribution in [3.63, 3.8) is 0 Å². The molecule has 5 aromatic rings. The highest BCUT2D eigenvalue weighted by molar-refractivity contribution is 6.32. The SMILES string of the molecule is CC(=O)CCN1C=C(C(C)C)[C@](C)(c2ccc(CCC(C)(C)C)c(C(F)(F)F)c2)CC1=O.CC(=O)CCN1C=C(C(C)C)[C@](C)(c2ccc(CCC(C)(C)C)c(Cl)c2)CC1=O.CC(=O)CCN1C=C(c2ccccc2)[C@](C)(c2ccc(CCC(C)(C)C)c(Cl)c2)CC1=O.COCCC1=CN(CCC(C)=O)C(=O)C[C@@]1(C)c1ccc(CCC(C)(C)C)c(Cl)c1. The lowest BCUT2D eigenvalue weighted by Crippen LogP contribution is -2.42. The highest BCUT2D eigenvalue weighted by Gasteiger charge is 2.46. The topological polar surface area (TPSA) is 159 Å². The molecule has 19 heteroatoms. The molecule has 0 saturated heterocycles. The van der Waals surface area contributed by atoms with Crippen LogP contribution in [-0.4, -0.2) is 106 Å². The molecule has 674 valence electrons. The monoisotopic (exact) mass is 1750 g/mol. The number of methoxy groups -OCH3 is 1. The van der Waals surface area contributed by atoms with Crippen LogP contribution in [0.4, 0.5) is 13.2 Å². The van der Waals surface area contributed by atoms with Crippen LogP contribution in [0.2, 0.25) is 15.1 Å². The van der Waals surface area contributed by atoms with Crippen molar-refractivity contribution >= 4 is 87.1 Å². The van der Waals surface area contributed by atoms with Crippen LogP contribution in [0.3, 0.4) is 0 Å². The van der Waals surface area contributed by atoms with Crippen LogP contribution >= 0.6 is 34.8 Å². The van der Waals surface area contributed by atoms with Crippen LogP contribution in [0.25, 0.3) is 5.57 Å². The van der Waals surface area contributed by atoms with Crippen LogP contribution in [0, 0.1) is 33.5 Å². The first-order valence-electron chi connectivity index (χ1n) is 44.0. The predicted octanol–water partition coefficient (Wildman–Crippen LogP) is 25.6. The number of hydrogen-bond acceptors (Lipinski definition) is 9. The average molecular weight is 1760 g/mol. The second-order valence-electron chi connectivity index (χ2n) is 41.0. The predicted molar refractivity (Wildman–Crippen MR) is 498 cm³/mol. The van der Waals surface area contributed by atoms with Gasteiger partial charge < -0.3 is 24.3 Å². The van der Waals surface area contributed by atoms with Crippen molar-refractivity contribution in [1.82, 2.24) is 19.6 Å². The molecule has 0 unspecified atom stereocenters. The van der Waals surface area contributed by atoms with E-state index in [0.29, 0.717) is 95.3 Å². The van der Waals surface area contributed by atoms with Crippen LogP contribution in [-0.2, 0) is 96.6 Å². The summed E-state index contributed by atoms with van der Waals surface area (Å²) in [6, 6.07) is 33.6. The summed E-state index contributed by atoms with van der Waals surface area (Å²) in [5.74, 6) is 0.521. The number of allylic oxidation sites excluding steroid dienone is 3. The summed E-state index contributed by atoms with van der Waals surface area (Å²) in [6.07, 6.45) is 13.4. The van der Waals surface area contributed by atoms with Gasteiger partial charge in [0, 0.05) is 153 Å². The number of halogens is 6. The molecule has 4 amide bonds. The van der Waals surface area contributed by atoms with E-state index in [-0.39, 0.29) is 98.5 Å². The third-order valence-electron chi connectivity index (χ3n) is 24.5. The van der Waals surface area contributed by atoms with Crippen LogP contribution < -0.4 is 0 Å². The molecule has 0 N–H and O–H groups in total. The van der Waals surface area contributed by atoms with E-state index in [2.05, 4.69) is 145 Å². The molecule has 0 spiro atoms. The van der Waals surface area contributed by atoms with Crippen molar-refractivity contribution in [1.29, 1.82) is 0 Å². The number of ketones is 4. The normalized spacial score (nSPS) is 19.8. The molecular weight excluding hydrogens is 1610 g/mol. The van der Waals surface area contributed by atoms with E-state index in [1.807, 2.05) is 96.5 Å². The summed E-state index contributed by atoms with van der Waals surface area (Å²) in [4.78, 5) is 104. The van der Waals surface area contributed by atoms with Gasteiger partial charge in [-0.3, -0.25) is 38.4 Å². The van der Waals surface area contributed by atoms with E-state index in [0.717, 1.165) is 116 Å². The fourth-order valence-electron chi connectivity index (χ4n) is 16.4. The van der Waals surface area contributed by atoms with Gasteiger partial charge in [0.1, 0.15) is 23.1 Å². The van der Waals surface area contributed by atoms with Gasteiger partial charge in [-0.15, -0.1) is 0 Å². The lowest BCUT2D eigenvalue weighted by molar-refractivity contribution is -0.138. The second-order valence-corrected chi connectivity index (χ2v) is 42.2. The Labute approximate surface area is 750 Å². The van der Waals surface area contributed by atoms with Gasteiger partial charge in [-0.05, 0) is 216 Å². The summed E-state index contributed by atoms with van der Waals surface area (Å²) in [5, 5.41) is 2.30. The molecule has 4 heterocycles. The third kappa shape index (κ3) is 30.2. The van der Waals surface area contributed by atoms with Crippen molar-refractivity contribution in [2.24, 2.45) is 33.5 Å².